The SMILES string of the molecule is O=C(c1cc2n(n1)CCN(Cc1c(Cl)cccc1Cl)C2=O)N1CCC(N2CCCCC2)CC1. The number of nitrogens with zero attached hydrogens (tertiary/aromatic N) is 5. The second kappa shape index (κ2) is 9.65. The second-order valence-electron chi connectivity index (χ2n) is 9.18. The van der Waals surface area contributed by atoms with Crippen LogP contribution in [0.2, 0.25) is 10.0 Å². The predicted octanol–water partition coefficient (Wildman–Crippen LogP) is 3.94. The van der Waals surface area contributed by atoms with E-state index in [-0.39, 0.29) is 11.8 Å². The normalized spacial score (nSPS) is 20.2. The molecule has 2 saturated heterocycles. The van der Waals surface area contributed by atoms with Gasteiger partial charge in [0.05, 0.1) is 6.54 Å². The van der Waals surface area contributed by atoms with Gasteiger partial charge in [-0.25, -0.2) is 0 Å². The van der Waals surface area contributed by atoms with E-state index in [2.05, 4.69) is 10.00 Å². The number of piperidine rings is 2. The van der Waals surface area contributed by atoms with Crippen LogP contribution in [-0.2, 0) is 13.1 Å². The Hall–Kier alpha value is -2.09. The highest BCUT2D eigenvalue weighted by molar-refractivity contribution is 6.36. The van der Waals surface area contributed by atoms with E-state index in [0.717, 1.165) is 31.5 Å². The average Bonchev–Trinajstić information content (AvgIpc) is 3.28. The zero-order valence-electron chi connectivity index (χ0n) is 18.7. The van der Waals surface area contributed by atoms with Crippen molar-refractivity contribution in [1.82, 2.24) is 24.5 Å². The molecule has 176 valence electrons. The Labute approximate surface area is 204 Å². The number of likely N-dealkylation sites (tertiary alicyclic amines) is 2. The lowest BCUT2D eigenvalue weighted by Gasteiger charge is -2.40. The van der Waals surface area contributed by atoms with Crippen molar-refractivity contribution in [3.05, 3.63) is 51.3 Å². The first-order valence-corrected chi connectivity index (χ1v) is 12.6. The van der Waals surface area contributed by atoms with Crippen molar-refractivity contribution >= 4 is 35.0 Å². The van der Waals surface area contributed by atoms with E-state index in [0.29, 0.717) is 47.1 Å². The zero-order chi connectivity index (χ0) is 22.9. The number of carbonyl (C=O) groups is 2. The molecule has 1 aromatic heterocycles. The first kappa shape index (κ1) is 22.7. The molecule has 0 atom stereocenters. The van der Waals surface area contributed by atoms with Gasteiger partial charge in [-0.1, -0.05) is 35.7 Å². The third-order valence-electron chi connectivity index (χ3n) is 7.16. The summed E-state index contributed by atoms with van der Waals surface area (Å²) in [6.45, 7) is 5.21. The predicted molar refractivity (Wildman–Crippen MR) is 128 cm³/mol. The van der Waals surface area contributed by atoms with Crippen LogP contribution < -0.4 is 0 Å². The van der Waals surface area contributed by atoms with Gasteiger partial charge >= 0.3 is 0 Å². The fourth-order valence-electron chi connectivity index (χ4n) is 5.25. The number of hydrogen-bond donors (Lipinski definition) is 0. The summed E-state index contributed by atoms with van der Waals surface area (Å²) in [7, 11) is 0. The molecule has 4 heterocycles. The Morgan fingerprint density at radius 2 is 1.67 bits per heavy atom. The average molecular weight is 490 g/mol. The molecule has 2 fully saturated rings. The molecular formula is C24H29Cl2N5O2. The molecule has 2 amide bonds. The Bertz CT molecular complexity index is 1020. The molecule has 1 aromatic carbocycles. The van der Waals surface area contributed by atoms with Crippen molar-refractivity contribution in [1.29, 1.82) is 0 Å². The highest BCUT2D eigenvalue weighted by Crippen LogP contribution is 2.28. The van der Waals surface area contributed by atoms with Crippen molar-refractivity contribution < 1.29 is 9.59 Å². The lowest BCUT2D eigenvalue weighted by molar-refractivity contribution is 0.0582. The Kier molecular flexibility index (Phi) is 6.63. The molecular weight excluding hydrogens is 461 g/mol. The number of halogens is 2. The molecule has 0 spiro atoms. The number of benzene rings is 1. The maximum absolute atomic E-state index is 13.1. The van der Waals surface area contributed by atoms with Gasteiger partial charge in [0.2, 0.25) is 0 Å². The van der Waals surface area contributed by atoms with Gasteiger partial charge in [0.1, 0.15) is 5.69 Å². The molecule has 9 heteroatoms. The zero-order valence-corrected chi connectivity index (χ0v) is 20.2. The third-order valence-corrected chi connectivity index (χ3v) is 7.86. The molecule has 2 aromatic rings. The van der Waals surface area contributed by atoms with Crippen LogP contribution in [0.1, 0.15) is 58.6 Å². The number of carbonyl (C=O) groups excluding carboxylic acids is 2. The molecule has 0 aliphatic carbocycles. The summed E-state index contributed by atoms with van der Waals surface area (Å²) in [5, 5.41) is 5.56. The minimum Gasteiger partial charge on any atom is -0.337 e. The van der Waals surface area contributed by atoms with Crippen molar-refractivity contribution in [3.8, 4) is 0 Å². The molecule has 3 aliphatic rings. The van der Waals surface area contributed by atoms with E-state index < -0.39 is 0 Å². The highest BCUT2D eigenvalue weighted by Gasteiger charge is 2.32. The number of hydrogen-bond acceptors (Lipinski definition) is 4. The molecule has 7 nitrogen and oxygen atoms in total. The summed E-state index contributed by atoms with van der Waals surface area (Å²) in [6.07, 6.45) is 5.91. The van der Waals surface area contributed by atoms with Crippen LogP contribution in [0, 0.1) is 0 Å². The molecule has 0 N–H and O–H groups in total. The smallest absolute Gasteiger partial charge is 0.274 e. The van der Waals surface area contributed by atoms with E-state index in [4.69, 9.17) is 23.2 Å². The number of fused-ring (bicyclic) bond motifs is 1. The largest absolute Gasteiger partial charge is 0.337 e. The van der Waals surface area contributed by atoms with Crippen molar-refractivity contribution in [2.75, 3.05) is 32.7 Å². The number of rotatable bonds is 4. The molecule has 0 bridgehead atoms. The van der Waals surface area contributed by atoms with Gasteiger partial charge in [0.25, 0.3) is 11.8 Å². The van der Waals surface area contributed by atoms with Gasteiger partial charge in [0.15, 0.2) is 5.69 Å². The van der Waals surface area contributed by atoms with Crippen LogP contribution in [0.15, 0.2) is 24.3 Å². The molecule has 33 heavy (non-hydrogen) atoms. The van der Waals surface area contributed by atoms with Gasteiger partial charge in [-0.05, 0) is 50.9 Å². The summed E-state index contributed by atoms with van der Waals surface area (Å²) in [5.41, 5.74) is 1.53. The van der Waals surface area contributed by atoms with Gasteiger partial charge in [-0.3, -0.25) is 14.3 Å². The van der Waals surface area contributed by atoms with E-state index in [1.54, 1.807) is 33.8 Å². The summed E-state index contributed by atoms with van der Waals surface area (Å²) in [6, 6.07) is 7.55. The van der Waals surface area contributed by atoms with Crippen LogP contribution in [0.25, 0.3) is 0 Å². The molecule has 0 unspecified atom stereocenters. The number of aromatic nitrogens is 2. The summed E-state index contributed by atoms with van der Waals surface area (Å²) in [5.74, 6) is -0.241. The van der Waals surface area contributed by atoms with Gasteiger partial charge in [-0.2, -0.15) is 5.10 Å². The monoisotopic (exact) mass is 489 g/mol. The minimum atomic E-state index is -0.160. The molecule has 0 saturated carbocycles. The van der Waals surface area contributed by atoms with E-state index in [1.165, 1.54) is 32.4 Å². The Morgan fingerprint density at radius 1 is 0.970 bits per heavy atom. The number of amides is 2. The fourth-order valence-corrected chi connectivity index (χ4v) is 5.76. The molecule has 0 radical (unpaired) electrons. The van der Waals surface area contributed by atoms with Crippen LogP contribution in [0.3, 0.4) is 0 Å². The minimum absolute atomic E-state index is 0.0810. The van der Waals surface area contributed by atoms with Gasteiger partial charge < -0.3 is 14.7 Å². The van der Waals surface area contributed by atoms with Crippen LogP contribution >= 0.6 is 23.2 Å². The van der Waals surface area contributed by atoms with Gasteiger partial charge in [0, 0.05) is 53.9 Å². The Morgan fingerprint density at radius 3 is 2.36 bits per heavy atom. The fraction of sp³-hybridized carbons (Fsp3) is 0.542. The van der Waals surface area contributed by atoms with E-state index >= 15 is 0 Å². The topological polar surface area (TPSA) is 61.7 Å². The first-order chi connectivity index (χ1) is 16.0. The quantitative estimate of drug-likeness (QED) is 0.652. The molecule has 3 aliphatic heterocycles. The van der Waals surface area contributed by atoms with Crippen molar-refractivity contribution in [2.45, 2.75) is 51.2 Å². The van der Waals surface area contributed by atoms with Gasteiger partial charge in [-0.15, -0.1) is 0 Å². The second-order valence-corrected chi connectivity index (χ2v) is 10.00. The standard InChI is InChI=1S/C24H29Cl2N5O2/c25-19-5-4-6-20(26)18(19)16-30-13-14-31-22(24(30)33)15-21(27-31)23(32)29-11-7-17(8-12-29)28-9-2-1-3-10-28/h4-6,15,17H,1-3,7-14,16H2. The lowest BCUT2D eigenvalue weighted by Crippen LogP contribution is -2.48. The summed E-state index contributed by atoms with van der Waals surface area (Å²) in [4.78, 5) is 32.5. The van der Waals surface area contributed by atoms with Crippen LogP contribution in [0.4, 0.5) is 0 Å². The summed E-state index contributed by atoms with van der Waals surface area (Å²) < 4.78 is 1.65. The van der Waals surface area contributed by atoms with Crippen LogP contribution in [0.5, 0.6) is 0 Å². The van der Waals surface area contributed by atoms with Crippen LogP contribution in [-0.4, -0.2) is 75.1 Å². The van der Waals surface area contributed by atoms with Crippen molar-refractivity contribution in [3.63, 3.8) is 0 Å². The van der Waals surface area contributed by atoms with E-state index in [1.807, 2.05) is 4.90 Å². The maximum atomic E-state index is 13.1. The maximum Gasteiger partial charge on any atom is 0.274 e. The Balaban J connectivity index is 1.24. The summed E-state index contributed by atoms with van der Waals surface area (Å²) >= 11 is 12.6. The highest BCUT2D eigenvalue weighted by atomic mass is 35.5. The molecule has 5 rings (SSSR count). The third kappa shape index (κ3) is 4.63. The van der Waals surface area contributed by atoms with E-state index in [9.17, 15) is 9.59 Å². The van der Waals surface area contributed by atoms with Crippen molar-refractivity contribution in [2.24, 2.45) is 0 Å². The first-order valence-electron chi connectivity index (χ1n) is 11.8. The lowest BCUT2D eigenvalue weighted by atomic mass is 9.99.